The Morgan fingerprint density at radius 2 is 2.26 bits per heavy atom. The average Bonchev–Trinajstić information content (AvgIpc) is 2.69. The van der Waals surface area contributed by atoms with Gasteiger partial charge in [-0.25, -0.2) is 13.4 Å². The van der Waals surface area contributed by atoms with E-state index in [0.717, 1.165) is 6.54 Å². The van der Waals surface area contributed by atoms with Gasteiger partial charge in [0.15, 0.2) is 9.84 Å². The Hall–Kier alpha value is -1.63. The molecule has 2 rings (SSSR count). The number of anilines is 1. The van der Waals surface area contributed by atoms with Gasteiger partial charge in [0.1, 0.15) is 11.5 Å². The van der Waals surface area contributed by atoms with Gasteiger partial charge in [0.2, 0.25) is 0 Å². The van der Waals surface area contributed by atoms with Crippen LogP contribution in [0.5, 0.6) is 0 Å². The Morgan fingerprint density at radius 1 is 1.47 bits per heavy atom. The highest BCUT2D eigenvalue weighted by Gasteiger charge is 2.29. The number of nitrogens with zero attached hydrogens (tertiary/aromatic N) is 1. The van der Waals surface area contributed by atoms with E-state index in [1.807, 2.05) is 6.92 Å². The minimum absolute atomic E-state index is 0.0195. The third kappa shape index (κ3) is 3.66. The van der Waals surface area contributed by atoms with Crippen LogP contribution >= 0.6 is 0 Å². The smallest absolute Gasteiger partial charge is 0.270 e. The van der Waals surface area contributed by atoms with Crippen molar-refractivity contribution in [1.82, 2.24) is 10.3 Å². The number of nitrogens with one attached hydrogen (secondary N) is 2. The van der Waals surface area contributed by atoms with Gasteiger partial charge in [0.25, 0.3) is 5.91 Å². The van der Waals surface area contributed by atoms with E-state index in [2.05, 4.69) is 15.6 Å². The van der Waals surface area contributed by atoms with Crippen LogP contribution < -0.4 is 10.6 Å². The number of hydrogen-bond donors (Lipinski definition) is 2. The van der Waals surface area contributed by atoms with E-state index in [4.69, 9.17) is 0 Å². The largest absolute Gasteiger partial charge is 0.370 e. The van der Waals surface area contributed by atoms with Gasteiger partial charge in [-0.2, -0.15) is 0 Å². The van der Waals surface area contributed by atoms with Gasteiger partial charge in [-0.3, -0.25) is 4.79 Å². The zero-order chi connectivity index (χ0) is 13.9. The number of rotatable bonds is 4. The van der Waals surface area contributed by atoms with Crippen molar-refractivity contribution < 1.29 is 13.2 Å². The molecule has 0 aliphatic carbocycles. The molecule has 1 atom stereocenters. The summed E-state index contributed by atoms with van der Waals surface area (Å²) in [6.07, 6.45) is 0.473. The quantitative estimate of drug-likeness (QED) is 0.836. The SMILES string of the molecule is CCNc1cccc(C(=O)NC2CCS(=O)(=O)C2)n1. The second-order valence-corrected chi connectivity index (χ2v) is 6.74. The highest BCUT2D eigenvalue weighted by atomic mass is 32.2. The van der Waals surface area contributed by atoms with E-state index < -0.39 is 9.84 Å². The van der Waals surface area contributed by atoms with Gasteiger partial charge in [-0.15, -0.1) is 0 Å². The fraction of sp³-hybridized carbons (Fsp3) is 0.500. The van der Waals surface area contributed by atoms with Crippen LogP contribution in [0.3, 0.4) is 0 Å². The molecule has 0 radical (unpaired) electrons. The second-order valence-electron chi connectivity index (χ2n) is 4.51. The van der Waals surface area contributed by atoms with Crippen molar-refractivity contribution >= 4 is 21.6 Å². The summed E-state index contributed by atoms with van der Waals surface area (Å²) in [7, 11) is -2.99. The Balaban J connectivity index is 2.02. The van der Waals surface area contributed by atoms with Crippen molar-refractivity contribution in [3.63, 3.8) is 0 Å². The van der Waals surface area contributed by atoms with Gasteiger partial charge in [-0.05, 0) is 25.5 Å². The summed E-state index contributed by atoms with van der Waals surface area (Å²) in [5, 5.41) is 5.73. The number of pyridine rings is 1. The predicted molar refractivity (Wildman–Crippen MR) is 72.9 cm³/mol. The van der Waals surface area contributed by atoms with Gasteiger partial charge in [0, 0.05) is 12.6 Å². The molecule has 104 valence electrons. The van der Waals surface area contributed by atoms with Crippen LogP contribution in [-0.2, 0) is 9.84 Å². The number of sulfone groups is 1. The molecule has 1 unspecified atom stereocenters. The lowest BCUT2D eigenvalue weighted by molar-refractivity contribution is 0.0936. The van der Waals surface area contributed by atoms with Gasteiger partial charge in [0.05, 0.1) is 11.5 Å². The summed E-state index contributed by atoms with van der Waals surface area (Å²) in [4.78, 5) is 16.1. The molecule has 7 heteroatoms. The lowest BCUT2D eigenvalue weighted by atomic mass is 10.2. The molecule has 19 heavy (non-hydrogen) atoms. The van der Waals surface area contributed by atoms with E-state index in [9.17, 15) is 13.2 Å². The second kappa shape index (κ2) is 5.56. The molecule has 2 heterocycles. The van der Waals surface area contributed by atoms with Crippen molar-refractivity contribution in [3.8, 4) is 0 Å². The standard InChI is InChI=1S/C12H17N3O3S/c1-2-13-11-5-3-4-10(15-11)12(16)14-9-6-7-19(17,18)8-9/h3-5,9H,2,6-8H2,1H3,(H,13,15)(H,14,16). The maximum absolute atomic E-state index is 12.0. The lowest BCUT2D eigenvalue weighted by Crippen LogP contribution is -2.36. The molecule has 6 nitrogen and oxygen atoms in total. The topological polar surface area (TPSA) is 88.2 Å². The molecule has 1 fully saturated rings. The summed E-state index contributed by atoms with van der Waals surface area (Å²) in [6, 6.07) is 4.83. The first kappa shape index (κ1) is 13.8. The molecule has 2 N–H and O–H groups in total. The molecule has 0 bridgehead atoms. The highest BCUT2D eigenvalue weighted by Crippen LogP contribution is 2.12. The van der Waals surface area contributed by atoms with Crippen LogP contribution in [0, 0.1) is 0 Å². The summed E-state index contributed by atoms with van der Waals surface area (Å²) >= 11 is 0. The van der Waals surface area contributed by atoms with Crippen molar-refractivity contribution in [2.45, 2.75) is 19.4 Å². The molecule has 1 amide bonds. The van der Waals surface area contributed by atoms with E-state index in [-0.39, 0.29) is 23.5 Å². The Labute approximate surface area is 112 Å². The molecule has 0 spiro atoms. The zero-order valence-corrected chi connectivity index (χ0v) is 11.5. The Morgan fingerprint density at radius 3 is 2.89 bits per heavy atom. The van der Waals surface area contributed by atoms with Crippen molar-refractivity contribution in [2.75, 3.05) is 23.4 Å². The number of amides is 1. The predicted octanol–water partition coefficient (Wildman–Crippen LogP) is 0.430. The lowest BCUT2D eigenvalue weighted by Gasteiger charge is -2.11. The summed E-state index contributed by atoms with van der Waals surface area (Å²) in [5.74, 6) is 0.463. The zero-order valence-electron chi connectivity index (χ0n) is 10.7. The number of hydrogen-bond acceptors (Lipinski definition) is 5. The molecule has 1 aliphatic rings. The normalized spacial score (nSPS) is 21.0. The van der Waals surface area contributed by atoms with E-state index >= 15 is 0 Å². The van der Waals surface area contributed by atoms with Crippen molar-refractivity contribution in [1.29, 1.82) is 0 Å². The number of carbonyl (C=O) groups is 1. The first-order valence-corrected chi connectivity index (χ1v) is 8.04. The summed E-state index contributed by atoms with van der Waals surface area (Å²) < 4.78 is 22.6. The average molecular weight is 283 g/mol. The summed E-state index contributed by atoms with van der Waals surface area (Å²) in [5.41, 5.74) is 0.294. The van der Waals surface area contributed by atoms with Crippen LogP contribution in [0.15, 0.2) is 18.2 Å². The molecule has 1 aliphatic heterocycles. The third-order valence-corrected chi connectivity index (χ3v) is 4.68. The van der Waals surface area contributed by atoms with Crippen LogP contribution in [0.1, 0.15) is 23.8 Å². The molecule has 1 saturated heterocycles. The number of carbonyl (C=O) groups excluding carboxylic acids is 1. The fourth-order valence-corrected chi connectivity index (χ4v) is 3.68. The van der Waals surface area contributed by atoms with Gasteiger partial charge >= 0.3 is 0 Å². The molecular formula is C12H17N3O3S. The third-order valence-electron chi connectivity index (χ3n) is 2.91. The van der Waals surface area contributed by atoms with Gasteiger partial charge < -0.3 is 10.6 Å². The monoisotopic (exact) mass is 283 g/mol. The maximum atomic E-state index is 12.0. The van der Waals surface area contributed by atoms with Crippen molar-refractivity contribution in [3.05, 3.63) is 23.9 Å². The van der Waals surface area contributed by atoms with E-state index in [1.165, 1.54) is 0 Å². The molecule has 1 aromatic rings. The Kier molecular flexibility index (Phi) is 4.04. The van der Waals surface area contributed by atoms with Crippen LogP contribution in [0.25, 0.3) is 0 Å². The maximum Gasteiger partial charge on any atom is 0.270 e. The highest BCUT2D eigenvalue weighted by molar-refractivity contribution is 7.91. The molecule has 0 aromatic carbocycles. The fourth-order valence-electron chi connectivity index (χ4n) is 2.01. The number of aromatic nitrogens is 1. The first-order valence-electron chi connectivity index (χ1n) is 6.22. The van der Waals surface area contributed by atoms with E-state index in [1.54, 1.807) is 18.2 Å². The van der Waals surface area contributed by atoms with Gasteiger partial charge in [-0.1, -0.05) is 6.07 Å². The van der Waals surface area contributed by atoms with E-state index in [0.29, 0.717) is 17.9 Å². The minimum Gasteiger partial charge on any atom is -0.370 e. The molecule has 0 saturated carbocycles. The van der Waals surface area contributed by atoms with Crippen LogP contribution in [-0.4, -0.2) is 43.4 Å². The Bertz CT molecular complexity index is 571. The van der Waals surface area contributed by atoms with Crippen LogP contribution in [0.2, 0.25) is 0 Å². The minimum atomic E-state index is -2.99. The first-order chi connectivity index (χ1) is 9.00. The van der Waals surface area contributed by atoms with Crippen molar-refractivity contribution in [2.24, 2.45) is 0 Å². The summed E-state index contributed by atoms with van der Waals surface area (Å²) in [6.45, 7) is 2.66. The van der Waals surface area contributed by atoms with Crippen LogP contribution in [0.4, 0.5) is 5.82 Å². The molecular weight excluding hydrogens is 266 g/mol. The molecule has 1 aromatic heterocycles.